The highest BCUT2D eigenvalue weighted by atomic mass is 19.4. The number of carboxylic acids is 1. The van der Waals surface area contributed by atoms with E-state index in [9.17, 15) is 38.0 Å². The summed E-state index contributed by atoms with van der Waals surface area (Å²) in [5.74, 6) is -3.02. The van der Waals surface area contributed by atoms with Crippen molar-refractivity contribution in [1.82, 2.24) is 4.90 Å². The number of esters is 1. The molecular formula is C27H35F3N2O6. The van der Waals surface area contributed by atoms with Gasteiger partial charge in [0.2, 0.25) is 0 Å². The van der Waals surface area contributed by atoms with Gasteiger partial charge in [-0.2, -0.15) is 13.2 Å². The Hall–Kier alpha value is -3.37. The van der Waals surface area contributed by atoms with Gasteiger partial charge in [0.1, 0.15) is 0 Å². The number of nitro groups is 1. The summed E-state index contributed by atoms with van der Waals surface area (Å²) >= 11 is 0. The summed E-state index contributed by atoms with van der Waals surface area (Å²) in [5, 5.41) is 21.5. The van der Waals surface area contributed by atoms with Crippen LogP contribution in [0, 0.1) is 10.1 Å². The maximum atomic E-state index is 13.4. The van der Waals surface area contributed by atoms with E-state index < -0.39 is 35.4 Å². The fourth-order valence-corrected chi connectivity index (χ4v) is 4.92. The van der Waals surface area contributed by atoms with Crippen molar-refractivity contribution < 1.29 is 37.5 Å². The molecule has 1 N–H and O–H groups in total. The summed E-state index contributed by atoms with van der Waals surface area (Å²) in [6.07, 6.45) is -1.82. The molecule has 0 fully saturated rings. The Morgan fingerprint density at radius 2 is 1.63 bits per heavy atom. The van der Waals surface area contributed by atoms with E-state index in [1.54, 1.807) is 24.8 Å². The van der Waals surface area contributed by atoms with E-state index in [2.05, 4.69) is 0 Å². The fraction of sp³-hybridized carbons (Fsp3) is 0.556. The molecule has 0 amide bonds. The van der Waals surface area contributed by atoms with Crippen LogP contribution in [0.1, 0.15) is 84.1 Å². The maximum Gasteiger partial charge on any atom is 0.389 e. The molecule has 1 aliphatic heterocycles. The topological polar surface area (TPSA) is 110 Å². The first-order chi connectivity index (χ1) is 17.8. The predicted octanol–water partition coefficient (Wildman–Crippen LogP) is 6.87. The molecule has 1 aromatic carbocycles. The van der Waals surface area contributed by atoms with Crippen molar-refractivity contribution in [1.29, 1.82) is 0 Å². The van der Waals surface area contributed by atoms with Crippen LogP contribution < -0.4 is 0 Å². The zero-order valence-electron chi connectivity index (χ0n) is 22.1. The van der Waals surface area contributed by atoms with E-state index in [-0.39, 0.29) is 35.9 Å². The van der Waals surface area contributed by atoms with Gasteiger partial charge in [-0.1, -0.05) is 37.8 Å². The van der Waals surface area contributed by atoms with Crippen molar-refractivity contribution in [3.63, 3.8) is 0 Å². The number of carbonyl (C=O) groups excluding carboxylic acids is 1. The van der Waals surface area contributed by atoms with E-state index in [0.29, 0.717) is 49.1 Å². The number of carboxylic acid groups (broad SMARTS) is 1. The molecule has 0 aromatic heterocycles. The first kappa shape index (κ1) is 30.9. The second-order valence-corrected chi connectivity index (χ2v) is 9.67. The minimum Gasteiger partial charge on any atom is -0.478 e. The number of hydrogen-bond acceptors (Lipinski definition) is 6. The Labute approximate surface area is 220 Å². The van der Waals surface area contributed by atoms with Crippen LogP contribution in [0.4, 0.5) is 18.9 Å². The number of alkyl halides is 3. The van der Waals surface area contributed by atoms with Gasteiger partial charge in [0, 0.05) is 36.0 Å². The third-order valence-corrected chi connectivity index (χ3v) is 6.55. The van der Waals surface area contributed by atoms with E-state index >= 15 is 0 Å². The third-order valence-electron chi connectivity index (χ3n) is 6.55. The number of rotatable bonds is 13. The highest BCUT2D eigenvalue weighted by Crippen LogP contribution is 2.43. The van der Waals surface area contributed by atoms with Gasteiger partial charge in [-0.3, -0.25) is 10.1 Å². The summed E-state index contributed by atoms with van der Waals surface area (Å²) in [5.41, 5.74) is 1.06. The monoisotopic (exact) mass is 540 g/mol. The average molecular weight is 541 g/mol. The molecule has 1 atom stereocenters. The third kappa shape index (κ3) is 8.06. The molecule has 1 aromatic rings. The van der Waals surface area contributed by atoms with Crippen molar-refractivity contribution in [2.24, 2.45) is 0 Å². The van der Waals surface area contributed by atoms with Crippen LogP contribution in [-0.2, 0) is 14.3 Å². The number of carbonyl (C=O) groups is 2. The lowest BCUT2D eigenvalue weighted by molar-refractivity contribution is -0.384. The first-order valence-corrected chi connectivity index (χ1v) is 12.7. The molecule has 8 nitrogen and oxygen atoms in total. The molecule has 0 radical (unpaired) electrons. The van der Waals surface area contributed by atoms with Gasteiger partial charge in [-0.05, 0) is 46.1 Å². The van der Waals surface area contributed by atoms with Gasteiger partial charge >= 0.3 is 18.1 Å². The highest BCUT2D eigenvalue weighted by Gasteiger charge is 2.41. The number of nitro benzene ring substituents is 1. The Bertz CT molecular complexity index is 1090. The summed E-state index contributed by atoms with van der Waals surface area (Å²) in [6.45, 7) is 7.13. The lowest BCUT2D eigenvalue weighted by Gasteiger charge is -2.39. The first-order valence-electron chi connectivity index (χ1n) is 12.7. The zero-order chi connectivity index (χ0) is 28.6. The summed E-state index contributed by atoms with van der Waals surface area (Å²) < 4.78 is 42.2. The van der Waals surface area contributed by atoms with Gasteiger partial charge in [0.05, 0.1) is 28.6 Å². The van der Waals surface area contributed by atoms with Gasteiger partial charge in [0.15, 0.2) is 0 Å². The van der Waals surface area contributed by atoms with Crippen LogP contribution in [0.15, 0.2) is 46.8 Å². The largest absolute Gasteiger partial charge is 0.478 e. The fourth-order valence-electron chi connectivity index (χ4n) is 4.92. The minimum absolute atomic E-state index is 0.0596. The molecule has 0 aliphatic carbocycles. The van der Waals surface area contributed by atoms with E-state index in [0.717, 1.165) is 0 Å². The van der Waals surface area contributed by atoms with Gasteiger partial charge < -0.3 is 14.7 Å². The molecule has 0 saturated carbocycles. The molecule has 38 heavy (non-hydrogen) atoms. The lowest BCUT2D eigenvalue weighted by Crippen LogP contribution is -2.38. The number of nitrogens with zero attached hydrogens (tertiary/aromatic N) is 2. The number of unbranched alkanes of at least 4 members (excludes halogenated alkanes) is 5. The van der Waals surface area contributed by atoms with Crippen LogP contribution in [0.5, 0.6) is 0 Å². The van der Waals surface area contributed by atoms with Gasteiger partial charge in [-0.15, -0.1) is 0 Å². The van der Waals surface area contributed by atoms with Crippen LogP contribution in [-0.4, -0.2) is 45.7 Å². The number of allylic oxidation sites excluding steroid dienone is 2. The van der Waals surface area contributed by atoms with E-state index in [1.165, 1.54) is 18.2 Å². The Balaban J connectivity index is 2.21. The summed E-state index contributed by atoms with van der Waals surface area (Å²) in [7, 11) is 0. The second-order valence-electron chi connectivity index (χ2n) is 9.67. The number of benzene rings is 1. The minimum atomic E-state index is -4.14. The Morgan fingerprint density at radius 1 is 1.05 bits per heavy atom. The normalized spacial score (nSPS) is 16.3. The highest BCUT2D eigenvalue weighted by molar-refractivity contribution is 5.99. The average Bonchev–Trinajstić information content (AvgIpc) is 2.81. The smallest absolute Gasteiger partial charge is 0.389 e. The quantitative estimate of drug-likeness (QED) is 0.126. The number of ether oxygens (including phenoxy) is 1. The molecule has 1 unspecified atom stereocenters. The van der Waals surface area contributed by atoms with Gasteiger partial charge in [-0.25, -0.2) is 9.59 Å². The van der Waals surface area contributed by atoms with Crippen LogP contribution in [0.3, 0.4) is 0 Å². The summed E-state index contributed by atoms with van der Waals surface area (Å²) in [6, 6.07) is 5.39. The van der Waals surface area contributed by atoms with Crippen LogP contribution in [0.2, 0.25) is 0 Å². The van der Waals surface area contributed by atoms with Crippen LogP contribution in [0.25, 0.3) is 0 Å². The molecule has 2 rings (SSSR count). The molecular weight excluding hydrogens is 505 g/mol. The van der Waals surface area contributed by atoms with Crippen molar-refractivity contribution in [3.05, 3.63) is 62.5 Å². The number of aliphatic carboxylic acids is 1. The van der Waals surface area contributed by atoms with E-state index in [4.69, 9.17) is 4.74 Å². The maximum absolute atomic E-state index is 13.4. The predicted molar refractivity (Wildman–Crippen MR) is 135 cm³/mol. The van der Waals surface area contributed by atoms with Gasteiger partial charge in [0.25, 0.3) is 5.69 Å². The molecule has 0 saturated heterocycles. The van der Waals surface area contributed by atoms with Crippen molar-refractivity contribution in [2.45, 2.75) is 90.8 Å². The Morgan fingerprint density at radius 3 is 2.18 bits per heavy atom. The molecule has 1 aliphatic rings. The lowest BCUT2D eigenvalue weighted by atomic mass is 9.79. The summed E-state index contributed by atoms with van der Waals surface area (Å²) in [4.78, 5) is 38.3. The van der Waals surface area contributed by atoms with Crippen molar-refractivity contribution in [3.8, 4) is 0 Å². The zero-order valence-corrected chi connectivity index (χ0v) is 22.1. The van der Waals surface area contributed by atoms with Crippen molar-refractivity contribution >= 4 is 17.6 Å². The number of halogens is 3. The molecule has 1 heterocycles. The Kier molecular flexibility index (Phi) is 10.9. The van der Waals surface area contributed by atoms with Crippen molar-refractivity contribution in [2.75, 3.05) is 6.61 Å². The molecule has 0 bridgehead atoms. The molecule has 210 valence electrons. The number of non-ortho nitro benzene ring substituents is 1. The second kappa shape index (κ2) is 13.4. The molecule has 0 spiro atoms. The number of hydrogen-bond donors (Lipinski definition) is 1. The SMILES string of the molecule is CC1=C(C(=O)O)C(c2cccc([N+](=O)[O-])c2)C(C(=O)OCCCCCCCCC(F)(F)F)=C(C)N1C(C)C. The van der Waals surface area contributed by atoms with Crippen LogP contribution >= 0.6 is 0 Å². The molecule has 11 heteroatoms. The van der Waals surface area contributed by atoms with E-state index in [1.807, 2.05) is 13.8 Å². The standard InChI is InChI=1S/C27H35F3N2O6/c1-17(2)31-18(3)22(25(33)34)24(20-12-11-13-21(16-20)32(36)37)23(19(31)4)26(35)38-15-10-8-6-5-7-9-14-27(28,29)30/h11-13,16-17,24H,5-10,14-15H2,1-4H3,(H,33,34).